The average molecular weight is 342 g/mol. The van der Waals surface area contributed by atoms with E-state index in [9.17, 15) is 30.6 Å². The van der Waals surface area contributed by atoms with Gasteiger partial charge < -0.3 is 55.1 Å². The molecule has 11 nitrogen and oxygen atoms in total. The Kier molecular flexibility index (Phi) is 6.27. The van der Waals surface area contributed by atoms with Gasteiger partial charge in [0.2, 0.25) is 0 Å². The minimum atomic E-state index is -1.75. The van der Waals surface area contributed by atoms with Gasteiger partial charge in [-0.2, -0.15) is 0 Å². The van der Waals surface area contributed by atoms with E-state index in [4.69, 9.17) is 24.4 Å². The molecule has 10 atom stereocenters. The lowest BCUT2D eigenvalue weighted by Gasteiger charge is -2.44. The summed E-state index contributed by atoms with van der Waals surface area (Å²) in [5.41, 5.74) is 0. The fraction of sp³-hybridized carbons (Fsp3) is 1.00. The molecule has 0 aromatic rings. The molecule has 0 radical (unpaired) electrons. The fourth-order valence-electron chi connectivity index (χ4n) is 2.55. The van der Waals surface area contributed by atoms with Crippen molar-refractivity contribution in [3.63, 3.8) is 0 Å². The van der Waals surface area contributed by atoms with Crippen LogP contribution in [-0.4, -0.2) is 115 Å². The first-order chi connectivity index (χ1) is 10.8. The number of hydrogen-bond donors (Lipinski definition) is 8. The Balaban J connectivity index is 2.08. The lowest BCUT2D eigenvalue weighted by Crippen LogP contribution is -2.64. The van der Waals surface area contributed by atoms with Crippen molar-refractivity contribution in [2.45, 2.75) is 61.4 Å². The van der Waals surface area contributed by atoms with E-state index in [-0.39, 0.29) is 0 Å². The highest BCUT2D eigenvalue weighted by Gasteiger charge is 2.50. The van der Waals surface area contributed by atoms with Crippen LogP contribution in [0.1, 0.15) is 0 Å². The van der Waals surface area contributed by atoms with E-state index in [0.717, 1.165) is 0 Å². The molecule has 2 rings (SSSR count). The van der Waals surface area contributed by atoms with Crippen LogP contribution in [0.25, 0.3) is 0 Å². The molecule has 0 aromatic carbocycles. The molecule has 0 aromatic heterocycles. The standard InChI is InChI=1S/C12H22O11/c13-1-3-6(16)8(18)10(11(20)21-3)23-12-9(19)7(17)5(15)4(2-14)22-12/h3-20H,1-2H2/t3?,4?,5-,6-,7+,8+,9?,10?,11+,12-/m1/s1. The quantitative estimate of drug-likeness (QED) is 0.243. The summed E-state index contributed by atoms with van der Waals surface area (Å²) in [5, 5.41) is 76.7. The Bertz CT molecular complexity index is 380. The van der Waals surface area contributed by atoms with Crippen molar-refractivity contribution in [2.24, 2.45) is 0 Å². The van der Waals surface area contributed by atoms with Crippen LogP contribution in [0.4, 0.5) is 0 Å². The van der Waals surface area contributed by atoms with E-state index in [0.29, 0.717) is 0 Å². The topological polar surface area (TPSA) is 190 Å². The summed E-state index contributed by atoms with van der Waals surface area (Å²) in [5.74, 6) is 0. The molecule has 0 saturated carbocycles. The van der Waals surface area contributed by atoms with Crippen molar-refractivity contribution in [2.75, 3.05) is 13.2 Å². The lowest BCUT2D eigenvalue weighted by molar-refractivity contribution is -0.361. The predicted molar refractivity (Wildman–Crippen MR) is 68.6 cm³/mol. The first-order valence-electron chi connectivity index (χ1n) is 7.08. The molecule has 0 amide bonds. The Morgan fingerprint density at radius 1 is 0.652 bits per heavy atom. The molecule has 2 aliphatic rings. The van der Waals surface area contributed by atoms with Crippen LogP contribution in [0.15, 0.2) is 0 Å². The molecule has 11 heteroatoms. The van der Waals surface area contributed by atoms with E-state index < -0.39 is 74.6 Å². The van der Waals surface area contributed by atoms with Crippen LogP contribution in [0.3, 0.4) is 0 Å². The molecule has 2 fully saturated rings. The van der Waals surface area contributed by atoms with Crippen molar-refractivity contribution in [3.8, 4) is 0 Å². The molecule has 23 heavy (non-hydrogen) atoms. The summed E-state index contributed by atoms with van der Waals surface area (Å²) in [6.45, 7) is -1.33. The molecule has 0 bridgehead atoms. The van der Waals surface area contributed by atoms with Gasteiger partial charge in [0.05, 0.1) is 13.2 Å². The number of rotatable bonds is 4. The molecule has 2 saturated heterocycles. The van der Waals surface area contributed by atoms with Gasteiger partial charge in [0.15, 0.2) is 12.6 Å². The SMILES string of the molecule is OCC1O[C@H](OC2[C@@H](O)[C@H](O)C(CO)O[C@@H]2O)C(O)[C@@H](O)[C@@H]1O. The van der Waals surface area contributed by atoms with Crippen LogP contribution in [-0.2, 0) is 14.2 Å². The number of ether oxygens (including phenoxy) is 3. The highest BCUT2D eigenvalue weighted by Crippen LogP contribution is 2.28. The van der Waals surface area contributed by atoms with Gasteiger partial charge >= 0.3 is 0 Å². The van der Waals surface area contributed by atoms with Gasteiger partial charge in [-0.1, -0.05) is 0 Å². The molecule has 136 valence electrons. The summed E-state index contributed by atoms with van der Waals surface area (Å²) in [6.07, 6.45) is -15.6. The van der Waals surface area contributed by atoms with Crippen LogP contribution < -0.4 is 0 Å². The molecular weight excluding hydrogens is 320 g/mol. The second-order valence-electron chi connectivity index (χ2n) is 5.53. The molecular formula is C12H22O11. The molecule has 0 aliphatic carbocycles. The van der Waals surface area contributed by atoms with Crippen molar-refractivity contribution >= 4 is 0 Å². The largest absolute Gasteiger partial charge is 0.394 e. The lowest BCUT2D eigenvalue weighted by atomic mass is 9.97. The van der Waals surface area contributed by atoms with Gasteiger partial charge in [-0.25, -0.2) is 0 Å². The summed E-state index contributed by atoms with van der Waals surface area (Å²) in [7, 11) is 0. The predicted octanol–water partition coefficient (Wildman–Crippen LogP) is -5.40. The summed E-state index contributed by atoms with van der Waals surface area (Å²) < 4.78 is 15.1. The molecule has 0 spiro atoms. The van der Waals surface area contributed by atoms with Gasteiger partial charge in [-0.15, -0.1) is 0 Å². The minimum absolute atomic E-state index is 0.651. The Hall–Kier alpha value is -0.440. The van der Waals surface area contributed by atoms with Crippen molar-refractivity contribution in [1.82, 2.24) is 0 Å². The highest BCUT2D eigenvalue weighted by molar-refractivity contribution is 4.93. The number of aliphatic hydroxyl groups is 8. The zero-order valence-corrected chi connectivity index (χ0v) is 12.0. The number of hydrogen-bond acceptors (Lipinski definition) is 11. The van der Waals surface area contributed by atoms with Crippen molar-refractivity contribution in [1.29, 1.82) is 0 Å². The third-order valence-corrected chi connectivity index (χ3v) is 3.98. The van der Waals surface area contributed by atoms with Crippen LogP contribution >= 0.6 is 0 Å². The van der Waals surface area contributed by atoms with Gasteiger partial charge in [0.1, 0.15) is 48.8 Å². The number of aliphatic hydroxyl groups excluding tert-OH is 8. The third kappa shape index (κ3) is 3.65. The van der Waals surface area contributed by atoms with Gasteiger partial charge in [-0.3, -0.25) is 0 Å². The smallest absolute Gasteiger partial charge is 0.187 e. The van der Waals surface area contributed by atoms with Crippen molar-refractivity contribution in [3.05, 3.63) is 0 Å². The van der Waals surface area contributed by atoms with E-state index in [1.165, 1.54) is 0 Å². The molecule has 2 aliphatic heterocycles. The Morgan fingerprint density at radius 3 is 1.74 bits per heavy atom. The zero-order chi connectivity index (χ0) is 17.3. The van der Waals surface area contributed by atoms with E-state index in [2.05, 4.69) is 0 Å². The van der Waals surface area contributed by atoms with E-state index in [1.54, 1.807) is 0 Å². The monoisotopic (exact) mass is 342 g/mol. The highest BCUT2D eigenvalue weighted by atomic mass is 16.7. The molecule has 4 unspecified atom stereocenters. The maximum absolute atomic E-state index is 9.94. The van der Waals surface area contributed by atoms with Crippen LogP contribution in [0.2, 0.25) is 0 Å². The first kappa shape index (κ1) is 18.9. The normalized spacial score (nSPS) is 51.7. The molecule has 8 N–H and O–H groups in total. The fourth-order valence-corrected chi connectivity index (χ4v) is 2.55. The van der Waals surface area contributed by atoms with Gasteiger partial charge in [0, 0.05) is 0 Å². The molecule has 2 heterocycles. The van der Waals surface area contributed by atoms with Crippen molar-refractivity contribution < 1.29 is 55.1 Å². The first-order valence-corrected chi connectivity index (χ1v) is 7.08. The maximum Gasteiger partial charge on any atom is 0.187 e. The minimum Gasteiger partial charge on any atom is -0.394 e. The Labute approximate surface area is 130 Å². The van der Waals surface area contributed by atoms with Gasteiger partial charge in [0.25, 0.3) is 0 Å². The summed E-state index contributed by atoms with van der Waals surface area (Å²) in [6, 6.07) is 0. The van der Waals surface area contributed by atoms with Crippen LogP contribution in [0.5, 0.6) is 0 Å². The summed E-state index contributed by atoms with van der Waals surface area (Å²) in [4.78, 5) is 0. The van der Waals surface area contributed by atoms with E-state index in [1.807, 2.05) is 0 Å². The Morgan fingerprint density at radius 2 is 1.17 bits per heavy atom. The second-order valence-corrected chi connectivity index (χ2v) is 5.53. The van der Waals surface area contributed by atoms with E-state index >= 15 is 0 Å². The van der Waals surface area contributed by atoms with Gasteiger partial charge in [-0.05, 0) is 0 Å². The zero-order valence-electron chi connectivity index (χ0n) is 12.0. The average Bonchev–Trinajstić information content (AvgIpc) is 2.54. The third-order valence-electron chi connectivity index (χ3n) is 3.98. The van der Waals surface area contributed by atoms with Crippen LogP contribution in [0, 0.1) is 0 Å². The second kappa shape index (κ2) is 7.63. The maximum atomic E-state index is 9.94. The summed E-state index contributed by atoms with van der Waals surface area (Å²) >= 11 is 0.